The Bertz CT molecular complexity index is 835. The Kier molecular flexibility index (Phi) is 8.75. The molecule has 0 aliphatic carbocycles. The van der Waals surface area contributed by atoms with Crippen LogP contribution in [0.15, 0.2) is 51.0 Å². The lowest BCUT2D eigenvalue weighted by Gasteiger charge is -2.13. The van der Waals surface area contributed by atoms with E-state index in [-0.39, 0.29) is 16.5 Å². The second-order valence-electron chi connectivity index (χ2n) is 6.11. The number of nitrogens with zero attached hydrogens (tertiary/aromatic N) is 1. The van der Waals surface area contributed by atoms with Crippen molar-refractivity contribution in [3.63, 3.8) is 0 Å². The fourth-order valence-electron chi connectivity index (χ4n) is 2.48. The summed E-state index contributed by atoms with van der Waals surface area (Å²) in [5.74, 6) is 1.02. The number of aliphatic imine (C=N–C) groups is 1. The van der Waals surface area contributed by atoms with Crippen LogP contribution in [-0.2, 0) is 16.3 Å². The molecule has 0 saturated heterocycles. The van der Waals surface area contributed by atoms with Crippen LogP contribution in [0.25, 0.3) is 0 Å². The van der Waals surface area contributed by atoms with Gasteiger partial charge < -0.3 is 20.5 Å². The predicted octanol–water partition coefficient (Wildman–Crippen LogP) is 1.69. The van der Waals surface area contributed by atoms with Gasteiger partial charge >= 0.3 is 0 Å². The zero-order valence-corrected chi connectivity index (χ0v) is 17.7. The molecule has 1 heterocycles. The average Bonchev–Trinajstić information content (AvgIpc) is 3.22. The van der Waals surface area contributed by atoms with Crippen molar-refractivity contribution in [3.8, 4) is 5.75 Å². The third kappa shape index (κ3) is 7.14. The van der Waals surface area contributed by atoms with Gasteiger partial charge in [0.2, 0.25) is 0 Å². The summed E-state index contributed by atoms with van der Waals surface area (Å²) in [6.07, 6.45) is -0.270. The molecule has 1 aromatic carbocycles. The Morgan fingerprint density at radius 2 is 2.00 bits per heavy atom. The Hall–Kier alpha value is -2.10. The van der Waals surface area contributed by atoms with E-state index >= 15 is 0 Å². The van der Waals surface area contributed by atoms with Gasteiger partial charge in [0.05, 0.1) is 25.5 Å². The van der Waals surface area contributed by atoms with E-state index in [2.05, 4.69) is 15.6 Å². The van der Waals surface area contributed by atoms with E-state index in [1.165, 1.54) is 0 Å². The van der Waals surface area contributed by atoms with E-state index in [9.17, 15) is 13.5 Å². The lowest BCUT2D eigenvalue weighted by Crippen LogP contribution is -2.39. The summed E-state index contributed by atoms with van der Waals surface area (Å²) in [5.41, 5.74) is 1.16. The summed E-state index contributed by atoms with van der Waals surface area (Å²) in [7, 11) is -1.85. The van der Waals surface area contributed by atoms with Gasteiger partial charge in [0.15, 0.2) is 15.8 Å². The van der Waals surface area contributed by atoms with E-state index in [1.54, 1.807) is 24.6 Å². The van der Waals surface area contributed by atoms with Gasteiger partial charge in [-0.05, 0) is 42.5 Å². The lowest BCUT2D eigenvalue weighted by molar-refractivity contribution is 0.206. The Morgan fingerprint density at radius 3 is 2.61 bits per heavy atom. The van der Waals surface area contributed by atoms with Crippen LogP contribution in [0.4, 0.5) is 0 Å². The van der Waals surface area contributed by atoms with E-state index in [0.29, 0.717) is 19.0 Å². The number of guanidine groups is 1. The van der Waals surface area contributed by atoms with Gasteiger partial charge in [-0.1, -0.05) is 18.2 Å². The number of nitrogens with one attached hydrogen (secondary N) is 2. The van der Waals surface area contributed by atoms with E-state index in [1.807, 2.05) is 31.2 Å². The summed E-state index contributed by atoms with van der Waals surface area (Å²) in [5, 5.41) is 18.1. The third-order valence-electron chi connectivity index (χ3n) is 3.88. The number of hydrogen-bond acceptors (Lipinski definition) is 6. The number of hydrogen-bond donors (Lipinski definition) is 3. The molecular weight excluding hydrogens is 398 g/mol. The Labute approximate surface area is 170 Å². The highest BCUT2D eigenvalue weighted by atomic mass is 32.2. The molecule has 1 unspecified atom stereocenters. The van der Waals surface area contributed by atoms with Gasteiger partial charge in [0, 0.05) is 13.1 Å². The molecule has 0 aliphatic heterocycles. The summed E-state index contributed by atoms with van der Waals surface area (Å²) in [4.78, 5) is 4.30. The minimum absolute atomic E-state index is 0.00245. The highest BCUT2D eigenvalue weighted by molar-refractivity contribution is 7.93. The number of rotatable bonds is 10. The fourth-order valence-corrected chi connectivity index (χ4v) is 4.95. The predicted molar refractivity (Wildman–Crippen MR) is 113 cm³/mol. The first-order valence-corrected chi connectivity index (χ1v) is 11.6. The molecule has 9 heteroatoms. The molecule has 0 aliphatic rings. The first-order chi connectivity index (χ1) is 13.4. The Balaban J connectivity index is 1.84. The first-order valence-electron chi connectivity index (χ1n) is 9.04. The third-order valence-corrected chi connectivity index (χ3v) is 7.17. The van der Waals surface area contributed by atoms with Crippen molar-refractivity contribution in [2.75, 3.05) is 32.5 Å². The van der Waals surface area contributed by atoms with Gasteiger partial charge in [0.25, 0.3) is 0 Å². The maximum absolute atomic E-state index is 12.2. The van der Waals surface area contributed by atoms with Crippen molar-refractivity contribution >= 4 is 27.1 Å². The topological polar surface area (TPSA) is 100 Å². The summed E-state index contributed by atoms with van der Waals surface area (Å²) in [6, 6.07) is 11.1. The highest BCUT2D eigenvalue weighted by Gasteiger charge is 2.20. The molecule has 1 aromatic heterocycles. The number of aliphatic hydroxyl groups is 1. The van der Waals surface area contributed by atoms with Crippen molar-refractivity contribution < 1.29 is 18.3 Å². The van der Waals surface area contributed by atoms with Gasteiger partial charge in [-0.15, -0.1) is 11.3 Å². The van der Waals surface area contributed by atoms with Gasteiger partial charge in [-0.3, -0.25) is 4.99 Å². The standard InChI is InChI=1S/C19H27N3O4S2/c1-3-20-19(21-11-10-15-6-8-17(26-2)9-7-15)22-13-16(23)14-28(24,25)18-5-4-12-27-18/h4-9,12,16,23H,3,10-11,13-14H2,1-2H3,(H2,20,21,22). The number of aliphatic hydroxyl groups excluding tert-OH is 1. The minimum Gasteiger partial charge on any atom is -0.497 e. The van der Waals surface area contributed by atoms with Crippen molar-refractivity contribution in [1.82, 2.24) is 10.6 Å². The smallest absolute Gasteiger partial charge is 0.191 e. The molecule has 7 nitrogen and oxygen atoms in total. The molecule has 2 aromatic rings. The largest absolute Gasteiger partial charge is 0.497 e. The highest BCUT2D eigenvalue weighted by Crippen LogP contribution is 2.18. The Morgan fingerprint density at radius 1 is 1.25 bits per heavy atom. The first kappa shape index (κ1) is 22.2. The van der Waals surface area contributed by atoms with Crippen LogP contribution in [0.3, 0.4) is 0 Å². The molecule has 0 bridgehead atoms. The van der Waals surface area contributed by atoms with Crippen LogP contribution in [0, 0.1) is 0 Å². The molecule has 28 heavy (non-hydrogen) atoms. The lowest BCUT2D eigenvalue weighted by atomic mass is 10.1. The van der Waals surface area contributed by atoms with Crippen LogP contribution in [0.2, 0.25) is 0 Å². The second kappa shape index (κ2) is 11.0. The maximum Gasteiger partial charge on any atom is 0.191 e. The van der Waals surface area contributed by atoms with Crippen molar-refractivity contribution in [1.29, 1.82) is 0 Å². The number of methoxy groups -OCH3 is 1. The van der Waals surface area contributed by atoms with Crippen LogP contribution < -0.4 is 15.4 Å². The number of benzene rings is 1. The molecule has 0 fully saturated rings. The zero-order chi connectivity index (χ0) is 20.4. The molecule has 3 N–H and O–H groups in total. The summed E-state index contributed by atoms with van der Waals surface area (Å²) >= 11 is 1.15. The van der Waals surface area contributed by atoms with E-state index in [0.717, 1.165) is 29.1 Å². The number of ether oxygens (including phenoxy) is 1. The zero-order valence-electron chi connectivity index (χ0n) is 16.1. The molecule has 0 radical (unpaired) electrons. The van der Waals surface area contributed by atoms with Gasteiger partial charge in [-0.2, -0.15) is 0 Å². The quantitative estimate of drug-likeness (QED) is 0.396. The van der Waals surface area contributed by atoms with E-state index < -0.39 is 15.9 Å². The molecule has 0 saturated carbocycles. The van der Waals surface area contributed by atoms with E-state index in [4.69, 9.17) is 4.74 Å². The average molecular weight is 426 g/mol. The number of sulfone groups is 1. The van der Waals surface area contributed by atoms with Gasteiger partial charge in [-0.25, -0.2) is 8.42 Å². The fraction of sp³-hybridized carbons (Fsp3) is 0.421. The molecule has 1 atom stereocenters. The summed E-state index contributed by atoms with van der Waals surface area (Å²) < 4.78 is 29.8. The molecule has 154 valence electrons. The number of thiophene rings is 1. The van der Waals surface area contributed by atoms with Crippen molar-refractivity contribution in [2.45, 2.75) is 23.7 Å². The summed E-state index contributed by atoms with van der Waals surface area (Å²) in [6.45, 7) is 3.26. The van der Waals surface area contributed by atoms with Crippen molar-refractivity contribution in [3.05, 3.63) is 47.3 Å². The molecular formula is C19H27N3O4S2. The SMILES string of the molecule is CCNC(=NCC(O)CS(=O)(=O)c1cccs1)NCCc1ccc(OC)cc1. The minimum atomic E-state index is -3.49. The van der Waals surface area contributed by atoms with Crippen LogP contribution in [-0.4, -0.2) is 58.1 Å². The van der Waals surface area contributed by atoms with Crippen LogP contribution in [0.5, 0.6) is 5.75 Å². The van der Waals surface area contributed by atoms with Crippen LogP contribution >= 0.6 is 11.3 Å². The molecule has 0 spiro atoms. The van der Waals surface area contributed by atoms with Crippen LogP contribution in [0.1, 0.15) is 12.5 Å². The van der Waals surface area contributed by atoms with Crippen molar-refractivity contribution in [2.24, 2.45) is 4.99 Å². The van der Waals surface area contributed by atoms with Gasteiger partial charge in [0.1, 0.15) is 9.96 Å². The normalized spacial score (nSPS) is 13.2. The maximum atomic E-state index is 12.2. The molecule has 0 amide bonds. The second-order valence-corrected chi connectivity index (χ2v) is 9.32. The monoisotopic (exact) mass is 425 g/mol. The molecule has 2 rings (SSSR count).